The van der Waals surface area contributed by atoms with Crippen LogP contribution in [0, 0.1) is 5.92 Å². The molecule has 3 heterocycles. The first-order valence-corrected chi connectivity index (χ1v) is 11.4. The monoisotopic (exact) mass is 437 g/mol. The average molecular weight is 438 g/mol. The third kappa shape index (κ3) is 4.14. The van der Waals surface area contributed by atoms with Crippen molar-refractivity contribution in [3.63, 3.8) is 0 Å². The molecule has 2 saturated heterocycles. The zero-order chi connectivity index (χ0) is 21.4. The maximum absolute atomic E-state index is 12.9. The molecule has 0 unspecified atom stereocenters. The van der Waals surface area contributed by atoms with Crippen LogP contribution in [0.5, 0.6) is 0 Å². The van der Waals surface area contributed by atoms with E-state index in [1.165, 1.54) is 0 Å². The summed E-state index contributed by atoms with van der Waals surface area (Å²) in [6, 6.07) is 14.1. The van der Waals surface area contributed by atoms with Crippen LogP contribution in [0.3, 0.4) is 0 Å². The van der Waals surface area contributed by atoms with Gasteiger partial charge in [-0.1, -0.05) is 23.7 Å². The molecule has 0 saturated carbocycles. The highest BCUT2D eigenvalue weighted by Crippen LogP contribution is 2.33. The Morgan fingerprint density at radius 3 is 2.52 bits per heavy atom. The van der Waals surface area contributed by atoms with Gasteiger partial charge in [0.25, 0.3) is 0 Å². The number of aromatic nitrogens is 2. The number of H-pyrrole nitrogens is 1. The van der Waals surface area contributed by atoms with Crippen LogP contribution in [0.15, 0.2) is 42.5 Å². The van der Waals surface area contributed by atoms with Crippen molar-refractivity contribution in [2.45, 2.75) is 12.8 Å². The molecular formula is C24H28ClN5O. The van der Waals surface area contributed by atoms with Crippen LogP contribution in [-0.2, 0) is 4.79 Å². The number of piperazine rings is 1. The fourth-order valence-corrected chi connectivity index (χ4v) is 4.85. The first-order chi connectivity index (χ1) is 15.1. The number of rotatable bonds is 3. The van der Waals surface area contributed by atoms with Gasteiger partial charge in [-0.3, -0.25) is 4.79 Å². The van der Waals surface area contributed by atoms with Gasteiger partial charge in [-0.05, 0) is 50.2 Å². The molecular weight excluding hydrogens is 410 g/mol. The van der Waals surface area contributed by atoms with E-state index in [0.29, 0.717) is 10.9 Å². The van der Waals surface area contributed by atoms with Crippen molar-refractivity contribution in [3.05, 3.63) is 47.5 Å². The summed E-state index contributed by atoms with van der Waals surface area (Å²) in [4.78, 5) is 27.7. The molecule has 1 N–H and O–H groups in total. The van der Waals surface area contributed by atoms with Crippen molar-refractivity contribution >= 4 is 34.2 Å². The molecule has 0 bridgehead atoms. The molecule has 31 heavy (non-hydrogen) atoms. The normalized spacial score (nSPS) is 18.6. The van der Waals surface area contributed by atoms with Crippen molar-refractivity contribution in [2.24, 2.45) is 5.92 Å². The van der Waals surface area contributed by atoms with Crippen molar-refractivity contribution in [1.82, 2.24) is 19.8 Å². The summed E-state index contributed by atoms with van der Waals surface area (Å²) in [5.74, 6) is 1.27. The summed E-state index contributed by atoms with van der Waals surface area (Å²) in [6.07, 6.45) is 1.79. The van der Waals surface area contributed by atoms with Gasteiger partial charge in [-0.2, -0.15) is 0 Å². The Bertz CT molecular complexity index is 1050. The lowest BCUT2D eigenvalue weighted by atomic mass is 9.94. The van der Waals surface area contributed by atoms with E-state index in [0.717, 1.165) is 80.2 Å². The SMILES string of the molecule is CN1CCN(C(=O)C2CCN(c3ccc(Cl)c(-c4nc5ccccc5[nH]4)c3)CC2)CC1. The number of nitrogens with one attached hydrogen (secondary N) is 1. The number of amides is 1. The Morgan fingerprint density at radius 2 is 1.77 bits per heavy atom. The highest BCUT2D eigenvalue weighted by Gasteiger charge is 2.30. The van der Waals surface area contributed by atoms with Crippen LogP contribution in [-0.4, -0.2) is 72.0 Å². The molecule has 1 amide bonds. The van der Waals surface area contributed by atoms with E-state index in [4.69, 9.17) is 16.6 Å². The number of likely N-dealkylation sites (N-methyl/N-ethyl adjacent to an activating group) is 1. The van der Waals surface area contributed by atoms with Gasteiger partial charge < -0.3 is 19.7 Å². The van der Waals surface area contributed by atoms with Crippen LogP contribution in [0.25, 0.3) is 22.4 Å². The zero-order valence-corrected chi connectivity index (χ0v) is 18.6. The molecule has 1 aromatic heterocycles. The molecule has 0 spiro atoms. The highest BCUT2D eigenvalue weighted by molar-refractivity contribution is 6.33. The van der Waals surface area contributed by atoms with Crippen LogP contribution in [0.1, 0.15) is 12.8 Å². The number of anilines is 1. The fourth-order valence-electron chi connectivity index (χ4n) is 4.64. The third-order valence-electron chi connectivity index (χ3n) is 6.62. The van der Waals surface area contributed by atoms with Crippen LogP contribution >= 0.6 is 11.6 Å². The van der Waals surface area contributed by atoms with E-state index in [-0.39, 0.29) is 5.92 Å². The molecule has 0 atom stereocenters. The average Bonchev–Trinajstić information content (AvgIpc) is 3.24. The number of halogens is 1. The summed E-state index contributed by atoms with van der Waals surface area (Å²) < 4.78 is 0. The second-order valence-corrected chi connectivity index (χ2v) is 9.06. The Kier molecular flexibility index (Phi) is 5.59. The number of fused-ring (bicyclic) bond motifs is 1. The van der Waals surface area contributed by atoms with E-state index in [9.17, 15) is 4.79 Å². The third-order valence-corrected chi connectivity index (χ3v) is 6.95. The van der Waals surface area contributed by atoms with E-state index in [1.807, 2.05) is 30.3 Å². The second-order valence-electron chi connectivity index (χ2n) is 8.66. The van der Waals surface area contributed by atoms with E-state index in [2.05, 4.69) is 38.9 Å². The predicted molar refractivity (Wildman–Crippen MR) is 126 cm³/mol. The molecule has 2 aliphatic heterocycles. The molecule has 5 rings (SSSR count). The standard InChI is InChI=1S/C24H28ClN5O/c1-28-12-14-30(15-13-28)24(31)17-8-10-29(11-9-17)18-6-7-20(25)19(16-18)23-26-21-4-2-3-5-22(21)27-23/h2-7,16-17H,8-15H2,1H3,(H,26,27). The molecule has 6 nitrogen and oxygen atoms in total. The molecule has 0 radical (unpaired) electrons. The number of nitrogens with zero attached hydrogens (tertiary/aromatic N) is 4. The zero-order valence-electron chi connectivity index (χ0n) is 17.9. The number of imidazole rings is 1. The second kappa shape index (κ2) is 8.52. The first-order valence-electron chi connectivity index (χ1n) is 11.1. The number of benzene rings is 2. The summed E-state index contributed by atoms with van der Waals surface area (Å²) in [7, 11) is 2.12. The minimum atomic E-state index is 0.141. The molecule has 3 aromatic rings. The Morgan fingerprint density at radius 1 is 1.03 bits per heavy atom. The van der Waals surface area contributed by atoms with Gasteiger partial charge in [-0.25, -0.2) is 4.98 Å². The summed E-state index contributed by atoms with van der Waals surface area (Å²) in [5, 5.41) is 0.683. The number of piperidine rings is 1. The first kappa shape index (κ1) is 20.3. The topological polar surface area (TPSA) is 55.5 Å². The quantitative estimate of drug-likeness (QED) is 0.675. The van der Waals surface area contributed by atoms with Crippen LogP contribution in [0.2, 0.25) is 5.02 Å². The predicted octanol–water partition coefficient (Wildman–Crippen LogP) is 3.87. The molecule has 7 heteroatoms. The number of carbonyl (C=O) groups excluding carboxylic acids is 1. The molecule has 2 fully saturated rings. The van der Waals surface area contributed by atoms with E-state index in [1.54, 1.807) is 0 Å². The minimum absolute atomic E-state index is 0.141. The van der Waals surface area contributed by atoms with Gasteiger partial charge in [0.2, 0.25) is 5.91 Å². The number of hydrogen-bond donors (Lipinski definition) is 1. The van der Waals surface area contributed by atoms with Crippen LogP contribution < -0.4 is 4.90 Å². The highest BCUT2D eigenvalue weighted by atomic mass is 35.5. The largest absolute Gasteiger partial charge is 0.371 e. The fraction of sp³-hybridized carbons (Fsp3) is 0.417. The van der Waals surface area contributed by atoms with E-state index >= 15 is 0 Å². The number of carbonyl (C=O) groups is 1. The maximum Gasteiger partial charge on any atom is 0.225 e. The lowest BCUT2D eigenvalue weighted by Gasteiger charge is -2.38. The molecule has 2 aliphatic rings. The summed E-state index contributed by atoms with van der Waals surface area (Å²) in [6.45, 7) is 5.41. The van der Waals surface area contributed by atoms with Gasteiger partial charge in [0.05, 0.1) is 16.1 Å². The Hall–Kier alpha value is -2.57. The number of aromatic amines is 1. The van der Waals surface area contributed by atoms with Gasteiger partial charge in [0.15, 0.2) is 0 Å². The minimum Gasteiger partial charge on any atom is -0.371 e. The smallest absolute Gasteiger partial charge is 0.225 e. The van der Waals surface area contributed by atoms with Gasteiger partial charge in [0.1, 0.15) is 5.82 Å². The van der Waals surface area contributed by atoms with Crippen molar-refractivity contribution in [3.8, 4) is 11.4 Å². The molecule has 0 aliphatic carbocycles. The lowest BCUT2D eigenvalue weighted by molar-refractivity contribution is -0.137. The number of para-hydroxylation sites is 2. The Labute approximate surface area is 187 Å². The van der Waals surface area contributed by atoms with Gasteiger partial charge >= 0.3 is 0 Å². The van der Waals surface area contributed by atoms with Gasteiger partial charge in [0, 0.05) is 56.4 Å². The van der Waals surface area contributed by atoms with Crippen molar-refractivity contribution in [1.29, 1.82) is 0 Å². The van der Waals surface area contributed by atoms with Crippen molar-refractivity contribution < 1.29 is 4.79 Å². The summed E-state index contributed by atoms with van der Waals surface area (Å²) in [5.41, 5.74) is 3.97. The molecule has 162 valence electrons. The molecule has 2 aromatic carbocycles. The van der Waals surface area contributed by atoms with E-state index < -0.39 is 0 Å². The summed E-state index contributed by atoms with van der Waals surface area (Å²) >= 11 is 6.53. The van der Waals surface area contributed by atoms with Crippen molar-refractivity contribution in [2.75, 3.05) is 51.2 Å². The van der Waals surface area contributed by atoms with Crippen LogP contribution in [0.4, 0.5) is 5.69 Å². The Balaban J connectivity index is 1.28. The maximum atomic E-state index is 12.9. The van der Waals surface area contributed by atoms with Gasteiger partial charge in [-0.15, -0.1) is 0 Å². The number of hydrogen-bond acceptors (Lipinski definition) is 4. The lowest BCUT2D eigenvalue weighted by Crippen LogP contribution is -2.50.